The summed E-state index contributed by atoms with van der Waals surface area (Å²) in [6.45, 7) is 7.38. The van der Waals surface area contributed by atoms with E-state index in [9.17, 15) is 4.39 Å². The van der Waals surface area contributed by atoms with Gasteiger partial charge in [-0.05, 0) is 37.5 Å². The molecule has 112 valence electrons. The van der Waals surface area contributed by atoms with Gasteiger partial charge >= 0.3 is 0 Å². The van der Waals surface area contributed by atoms with Crippen molar-refractivity contribution in [1.82, 2.24) is 9.97 Å². The van der Waals surface area contributed by atoms with Crippen LogP contribution in [0.25, 0.3) is 0 Å². The SMILES string of the molecule is CCCNc1ncc(F)c(NC2CC(C)CC(C)C2)n1. The Kier molecular flexibility index (Phi) is 5.15. The lowest BCUT2D eigenvalue weighted by atomic mass is 9.80. The third-order valence-corrected chi connectivity index (χ3v) is 3.80. The summed E-state index contributed by atoms with van der Waals surface area (Å²) in [5, 5.41) is 6.35. The number of hydrogen-bond acceptors (Lipinski definition) is 4. The van der Waals surface area contributed by atoms with Gasteiger partial charge in [-0.15, -0.1) is 0 Å². The molecule has 0 saturated heterocycles. The molecule has 1 aliphatic carbocycles. The van der Waals surface area contributed by atoms with E-state index in [-0.39, 0.29) is 5.82 Å². The summed E-state index contributed by atoms with van der Waals surface area (Å²) < 4.78 is 13.8. The number of nitrogens with one attached hydrogen (secondary N) is 2. The number of anilines is 2. The van der Waals surface area contributed by atoms with Gasteiger partial charge in [0.25, 0.3) is 0 Å². The van der Waals surface area contributed by atoms with Gasteiger partial charge in [-0.2, -0.15) is 4.98 Å². The van der Waals surface area contributed by atoms with Crippen molar-refractivity contribution in [1.29, 1.82) is 0 Å². The minimum atomic E-state index is -0.377. The zero-order valence-electron chi connectivity index (χ0n) is 12.6. The minimum absolute atomic E-state index is 0.303. The van der Waals surface area contributed by atoms with Crippen LogP contribution in [0.15, 0.2) is 6.20 Å². The smallest absolute Gasteiger partial charge is 0.224 e. The molecule has 2 N–H and O–H groups in total. The molecule has 1 aromatic rings. The molecule has 0 aliphatic heterocycles. The molecule has 1 heterocycles. The van der Waals surface area contributed by atoms with Crippen LogP contribution in [0.2, 0.25) is 0 Å². The van der Waals surface area contributed by atoms with Crippen LogP contribution >= 0.6 is 0 Å². The van der Waals surface area contributed by atoms with Gasteiger partial charge in [0.2, 0.25) is 5.95 Å². The van der Waals surface area contributed by atoms with E-state index in [1.165, 1.54) is 12.6 Å². The molecule has 20 heavy (non-hydrogen) atoms. The van der Waals surface area contributed by atoms with E-state index < -0.39 is 0 Å². The maximum Gasteiger partial charge on any atom is 0.224 e. The Morgan fingerprint density at radius 1 is 1.25 bits per heavy atom. The van der Waals surface area contributed by atoms with Crippen molar-refractivity contribution >= 4 is 11.8 Å². The average Bonchev–Trinajstić information content (AvgIpc) is 2.38. The fourth-order valence-corrected chi connectivity index (χ4v) is 3.05. The molecule has 1 aromatic heterocycles. The fourth-order valence-electron chi connectivity index (χ4n) is 3.05. The van der Waals surface area contributed by atoms with Crippen LogP contribution in [0, 0.1) is 17.7 Å². The summed E-state index contributed by atoms with van der Waals surface area (Å²) in [6, 6.07) is 0.303. The molecule has 2 unspecified atom stereocenters. The summed E-state index contributed by atoms with van der Waals surface area (Å²) in [6.07, 6.45) is 5.63. The Bertz CT molecular complexity index is 428. The first-order valence-corrected chi connectivity index (χ1v) is 7.61. The van der Waals surface area contributed by atoms with Gasteiger partial charge in [0.15, 0.2) is 11.6 Å². The second-order valence-electron chi connectivity index (χ2n) is 6.08. The van der Waals surface area contributed by atoms with Gasteiger partial charge in [-0.3, -0.25) is 0 Å². The van der Waals surface area contributed by atoms with E-state index in [0.717, 1.165) is 25.8 Å². The number of aromatic nitrogens is 2. The third-order valence-electron chi connectivity index (χ3n) is 3.80. The van der Waals surface area contributed by atoms with Gasteiger partial charge < -0.3 is 10.6 Å². The normalized spacial score (nSPS) is 26.3. The van der Waals surface area contributed by atoms with Crippen LogP contribution in [0.5, 0.6) is 0 Å². The highest BCUT2D eigenvalue weighted by molar-refractivity contribution is 5.42. The van der Waals surface area contributed by atoms with Gasteiger partial charge in [-0.25, -0.2) is 9.37 Å². The molecule has 0 amide bonds. The molecular weight excluding hydrogens is 255 g/mol. The number of halogens is 1. The molecule has 0 spiro atoms. The zero-order valence-corrected chi connectivity index (χ0v) is 12.6. The largest absolute Gasteiger partial charge is 0.365 e. The van der Waals surface area contributed by atoms with Crippen molar-refractivity contribution in [2.75, 3.05) is 17.2 Å². The molecule has 1 saturated carbocycles. The van der Waals surface area contributed by atoms with Crippen LogP contribution in [0.4, 0.5) is 16.2 Å². The van der Waals surface area contributed by atoms with Crippen LogP contribution in [-0.4, -0.2) is 22.6 Å². The number of rotatable bonds is 5. The Morgan fingerprint density at radius 2 is 1.95 bits per heavy atom. The van der Waals surface area contributed by atoms with Crippen LogP contribution in [0.3, 0.4) is 0 Å². The average molecular weight is 280 g/mol. The number of nitrogens with zero attached hydrogens (tertiary/aromatic N) is 2. The maximum atomic E-state index is 13.8. The maximum absolute atomic E-state index is 13.8. The summed E-state index contributed by atoms with van der Waals surface area (Å²) >= 11 is 0. The van der Waals surface area contributed by atoms with E-state index in [0.29, 0.717) is 29.6 Å². The first-order chi connectivity index (χ1) is 9.58. The Labute approximate surface area is 120 Å². The lowest BCUT2D eigenvalue weighted by Crippen LogP contribution is -2.31. The molecule has 4 nitrogen and oxygen atoms in total. The molecule has 2 rings (SSSR count). The highest BCUT2D eigenvalue weighted by Gasteiger charge is 2.24. The lowest BCUT2D eigenvalue weighted by molar-refractivity contribution is 0.280. The Balaban J connectivity index is 2.03. The molecular formula is C15H25FN4. The van der Waals surface area contributed by atoms with E-state index in [1.807, 2.05) is 0 Å². The highest BCUT2D eigenvalue weighted by atomic mass is 19.1. The third kappa shape index (κ3) is 4.05. The van der Waals surface area contributed by atoms with Crippen molar-refractivity contribution < 1.29 is 4.39 Å². The fraction of sp³-hybridized carbons (Fsp3) is 0.733. The molecule has 0 radical (unpaired) electrons. The second kappa shape index (κ2) is 6.86. The summed E-state index contributed by atoms with van der Waals surface area (Å²) in [5.74, 6) is 1.80. The van der Waals surface area contributed by atoms with Crippen LogP contribution in [-0.2, 0) is 0 Å². The summed E-state index contributed by atoms with van der Waals surface area (Å²) in [5.41, 5.74) is 0. The predicted octanol–water partition coefficient (Wildman–Crippen LogP) is 3.67. The predicted molar refractivity (Wildman–Crippen MR) is 80.4 cm³/mol. The van der Waals surface area contributed by atoms with E-state index in [2.05, 4.69) is 41.4 Å². The first kappa shape index (κ1) is 15.0. The summed E-state index contributed by atoms with van der Waals surface area (Å²) in [7, 11) is 0. The van der Waals surface area contributed by atoms with Gasteiger partial charge in [-0.1, -0.05) is 20.8 Å². The van der Waals surface area contributed by atoms with Crippen molar-refractivity contribution in [3.8, 4) is 0 Å². The second-order valence-corrected chi connectivity index (χ2v) is 6.08. The molecule has 5 heteroatoms. The molecule has 0 aromatic carbocycles. The highest BCUT2D eigenvalue weighted by Crippen LogP contribution is 2.30. The molecule has 1 aliphatic rings. The van der Waals surface area contributed by atoms with Gasteiger partial charge in [0.1, 0.15) is 0 Å². The van der Waals surface area contributed by atoms with Crippen molar-refractivity contribution in [2.24, 2.45) is 11.8 Å². The van der Waals surface area contributed by atoms with Gasteiger partial charge in [0.05, 0.1) is 6.20 Å². The Hall–Kier alpha value is -1.39. The summed E-state index contributed by atoms with van der Waals surface area (Å²) in [4.78, 5) is 8.21. The van der Waals surface area contributed by atoms with Crippen molar-refractivity contribution in [3.05, 3.63) is 12.0 Å². The zero-order chi connectivity index (χ0) is 14.5. The molecule has 1 fully saturated rings. The number of hydrogen-bond donors (Lipinski definition) is 2. The van der Waals surface area contributed by atoms with Gasteiger partial charge in [0, 0.05) is 12.6 Å². The monoisotopic (exact) mass is 280 g/mol. The Morgan fingerprint density at radius 3 is 2.60 bits per heavy atom. The van der Waals surface area contributed by atoms with E-state index in [1.54, 1.807) is 0 Å². The van der Waals surface area contributed by atoms with Crippen molar-refractivity contribution in [3.63, 3.8) is 0 Å². The van der Waals surface area contributed by atoms with E-state index >= 15 is 0 Å². The molecule has 2 atom stereocenters. The lowest BCUT2D eigenvalue weighted by Gasteiger charge is -2.32. The van der Waals surface area contributed by atoms with Crippen LogP contribution in [0.1, 0.15) is 46.5 Å². The topological polar surface area (TPSA) is 49.8 Å². The minimum Gasteiger partial charge on any atom is -0.365 e. The quantitative estimate of drug-likeness (QED) is 0.864. The van der Waals surface area contributed by atoms with Crippen LogP contribution < -0.4 is 10.6 Å². The van der Waals surface area contributed by atoms with E-state index in [4.69, 9.17) is 0 Å². The van der Waals surface area contributed by atoms with Crippen molar-refractivity contribution in [2.45, 2.75) is 52.5 Å². The molecule has 0 bridgehead atoms. The first-order valence-electron chi connectivity index (χ1n) is 7.61. The standard InChI is InChI=1S/C15H25FN4/c1-4-5-17-15-18-9-13(16)14(20-15)19-12-7-10(2)6-11(3)8-12/h9-12H,4-8H2,1-3H3,(H2,17,18,19,20).